The van der Waals surface area contributed by atoms with Crippen LogP contribution in [0.2, 0.25) is 18.1 Å². The van der Waals surface area contributed by atoms with Crippen LogP contribution < -0.4 is 0 Å². The van der Waals surface area contributed by atoms with Gasteiger partial charge in [-0.15, -0.1) is 0 Å². The molecule has 0 spiro atoms. The quantitative estimate of drug-likeness (QED) is 0.607. The molecular weight excluding hydrogens is 308 g/mol. The monoisotopic (exact) mass is 344 g/mol. The van der Waals surface area contributed by atoms with E-state index in [9.17, 15) is 4.79 Å². The van der Waals surface area contributed by atoms with Crippen LogP contribution in [0, 0.1) is 5.92 Å². The van der Waals surface area contributed by atoms with E-state index < -0.39 is 14.1 Å². The number of Topliss-reactive ketones (excluding diaryl/α,β-unsaturated/α-hetero) is 1. The van der Waals surface area contributed by atoms with Crippen molar-refractivity contribution < 1.29 is 18.7 Å². The van der Waals surface area contributed by atoms with Crippen molar-refractivity contribution in [2.45, 2.75) is 90.8 Å². The molecule has 1 saturated heterocycles. The zero-order valence-electron chi connectivity index (χ0n) is 16.3. The maximum atomic E-state index is 11.7. The van der Waals surface area contributed by atoms with Gasteiger partial charge in [-0.25, -0.2) is 0 Å². The highest BCUT2D eigenvalue weighted by molar-refractivity contribution is 6.74. The first-order valence-corrected chi connectivity index (χ1v) is 11.7. The molecule has 4 nitrogen and oxygen atoms in total. The highest BCUT2D eigenvalue weighted by Gasteiger charge is 2.41. The second kappa shape index (κ2) is 7.77. The van der Waals surface area contributed by atoms with Crippen molar-refractivity contribution >= 4 is 14.1 Å². The minimum atomic E-state index is -1.89. The first-order chi connectivity index (χ1) is 10.4. The zero-order chi connectivity index (χ0) is 17.9. The van der Waals surface area contributed by atoms with Gasteiger partial charge in [0.15, 0.2) is 14.1 Å². The van der Waals surface area contributed by atoms with Crippen molar-refractivity contribution in [1.82, 2.24) is 0 Å². The molecule has 0 radical (unpaired) electrons. The van der Waals surface area contributed by atoms with E-state index in [1.165, 1.54) is 0 Å². The Kier molecular flexibility index (Phi) is 7.03. The summed E-state index contributed by atoms with van der Waals surface area (Å²) in [5.74, 6) is 0.0317. The van der Waals surface area contributed by atoms with Crippen molar-refractivity contribution in [2.75, 3.05) is 13.2 Å². The van der Waals surface area contributed by atoms with Gasteiger partial charge in [0.1, 0.15) is 5.78 Å². The molecule has 0 N–H and O–H groups in total. The fourth-order valence-corrected chi connectivity index (χ4v) is 4.00. The van der Waals surface area contributed by atoms with Gasteiger partial charge >= 0.3 is 0 Å². The van der Waals surface area contributed by atoms with Gasteiger partial charge in [0.25, 0.3) is 0 Å². The van der Waals surface area contributed by atoms with Gasteiger partial charge in [0, 0.05) is 12.8 Å². The molecule has 1 rings (SSSR count). The van der Waals surface area contributed by atoms with Gasteiger partial charge in [-0.3, -0.25) is 4.79 Å². The largest absolute Gasteiger partial charge is 0.413 e. The third-order valence-corrected chi connectivity index (χ3v) is 9.83. The Morgan fingerprint density at radius 1 is 1.26 bits per heavy atom. The van der Waals surface area contributed by atoms with E-state index >= 15 is 0 Å². The number of rotatable bonds is 8. The first kappa shape index (κ1) is 20.8. The number of ketones is 1. The number of ether oxygens (including phenoxy) is 2. The Morgan fingerprint density at radius 2 is 1.78 bits per heavy atom. The minimum Gasteiger partial charge on any atom is -0.413 e. The molecule has 1 aliphatic rings. The Hall–Kier alpha value is -0.233. The van der Waals surface area contributed by atoms with Crippen LogP contribution in [0.15, 0.2) is 0 Å². The highest BCUT2D eigenvalue weighted by Crippen LogP contribution is 2.39. The summed E-state index contributed by atoms with van der Waals surface area (Å²) in [6.07, 6.45) is 2.25. The molecule has 1 aliphatic heterocycles. The lowest BCUT2D eigenvalue weighted by Gasteiger charge is -2.41. The van der Waals surface area contributed by atoms with Crippen molar-refractivity contribution in [3.8, 4) is 0 Å². The van der Waals surface area contributed by atoms with Crippen LogP contribution in [0.3, 0.4) is 0 Å². The molecule has 0 bridgehead atoms. The van der Waals surface area contributed by atoms with Gasteiger partial charge < -0.3 is 13.9 Å². The summed E-state index contributed by atoms with van der Waals surface area (Å²) in [6.45, 7) is 18.4. The van der Waals surface area contributed by atoms with Crippen molar-refractivity contribution in [1.29, 1.82) is 0 Å². The molecule has 136 valence electrons. The molecule has 1 heterocycles. The summed E-state index contributed by atoms with van der Waals surface area (Å²) in [5.41, 5.74) is 0. The number of hydrogen-bond acceptors (Lipinski definition) is 4. The fourth-order valence-electron chi connectivity index (χ4n) is 2.57. The lowest BCUT2D eigenvalue weighted by atomic mass is 9.93. The third kappa shape index (κ3) is 6.29. The summed E-state index contributed by atoms with van der Waals surface area (Å²) in [6, 6.07) is 0. The van der Waals surface area contributed by atoms with Gasteiger partial charge in [-0.05, 0) is 44.3 Å². The zero-order valence-corrected chi connectivity index (χ0v) is 17.3. The van der Waals surface area contributed by atoms with Crippen LogP contribution in [-0.4, -0.2) is 39.2 Å². The number of hydrogen-bond donors (Lipinski definition) is 0. The molecule has 0 aromatic rings. The van der Waals surface area contributed by atoms with E-state index in [0.717, 1.165) is 12.8 Å². The third-order valence-electron chi connectivity index (χ3n) is 5.33. The molecule has 1 fully saturated rings. The molecule has 0 unspecified atom stereocenters. The molecule has 5 heteroatoms. The molecule has 23 heavy (non-hydrogen) atoms. The lowest BCUT2D eigenvalue weighted by molar-refractivity contribution is -0.150. The van der Waals surface area contributed by atoms with Crippen molar-refractivity contribution in [3.63, 3.8) is 0 Å². The topological polar surface area (TPSA) is 44.8 Å². The molecule has 0 amide bonds. The number of carbonyl (C=O) groups excluding carboxylic acids is 1. The van der Waals surface area contributed by atoms with Gasteiger partial charge in [-0.2, -0.15) is 0 Å². The standard InChI is InChI=1S/C18H36O4Si/c1-14(9-10-18(6)20-11-12-21-18)16(13-15(2)19)22-23(7,8)17(3,4)5/h14,16H,9-13H2,1-8H3/t14-,16-/m0/s1. The Bertz CT molecular complexity index is 394. The maximum Gasteiger partial charge on any atom is 0.192 e. The van der Waals surface area contributed by atoms with Gasteiger partial charge in [0.2, 0.25) is 0 Å². The minimum absolute atomic E-state index is 0.0154. The maximum absolute atomic E-state index is 11.7. The van der Waals surface area contributed by atoms with E-state index in [1.807, 2.05) is 6.92 Å². The van der Waals surface area contributed by atoms with Crippen LogP contribution in [0.5, 0.6) is 0 Å². The summed E-state index contributed by atoms with van der Waals surface area (Å²) >= 11 is 0. The average molecular weight is 345 g/mol. The lowest BCUT2D eigenvalue weighted by Crippen LogP contribution is -2.46. The molecule has 2 atom stereocenters. The molecule has 0 saturated carbocycles. The fraction of sp³-hybridized carbons (Fsp3) is 0.944. The first-order valence-electron chi connectivity index (χ1n) is 8.81. The summed E-state index contributed by atoms with van der Waals surface area (Å²) in [7, 11) is -1.89. The highest BCUT2D eigenvalue weighted by atomic mass is 28.4. The molecule has 0 aliphatic carbocycles. The Morgan fingerprint density at radius 3 is 2.22 bits per heavy atom. The van der Waals surface area contributed by atoms with E-state index in [4.69, 9.17) is 13.9 Å². The predicted molar refractivity (Wildman–Crippen MR) is 96.1 cm³/mol. The summed E-state index contributed by atoms with van der Waals surface area (Å²) in [4.78, 5) is 11.7. The molecule has 0 aromatic carbocycles. The van der Waals surface area contributed by atoms with Crippen LogP contribution in [0.1, 0.15) is 60.8 Å². The predicted octanol–water partition coefficient (Wildman–Crippen LogP) is 4.54. The smallest absolute Gasteiger partial charge is 0.192 e. The number of carbonyl (C=O) groups is 1. The second-order valence-electron chi connectivity index (χ2n) is 8.67. The van der Waals surface area contributed by atoms with E-state index in [1.54, 1.807) is 6.92 Å². The summed E-state index contributed by atoms with van der Waals surface area (Å²) < 4.78 is 17.9. The molecular formula is C18H36O4Si. The average Bonchev–Trinajstić information content (AvgIpc) is 2.80. The van der Waals surface area contributed by atoms with E-state index in [-0.39, 0.29) is 16.9 Å². The van der Waals surface area contributed by atoms with E-state index in [2.05, 4.69) is 40.8 Å². The summed E-state index contributed by atoms with van der Waals surface area (Å²) in [5, 5.41) is 0.144. The Labute approximate surface area is 143 Å². The van der Waals surface area contributed by atoms with E-state index in [0.29, 0.717) is 25.6 Å². The van der Waals surface area contributed by atoms with Crippen molar-refractivity contribution in [3.05, 3.63) is 0 Å². The molecule has 0 aromatic heterocycles. The van der Waals surface area contributed by atoms with Crippen LogP contribution >= 0.6 is 0 Å². The SMILES string of the molecule is CC(=O)C[C@H](O[Si](C)(C)C(C)(C)C)[C@@H](C)CCC1(C)OCCO1. The van der Waals surface area contributed by atoms with Crippen LogP contribution in [0.25, 0.3) is 0 Å². The van der Waals surface area contributed by atoms with Crippen molar-refractivity contribution in [2.24, 2.45) is 5.92 Å². The normalized spacial score (nSPS) is 21.2. The van der Waals surface area contributed by atoms with Crippen LogP contribution in [0.4, 0.5) is 0 Å². The van der Waals surface area contributed by atoms with Crippen LogP contribution in [-0.2, 0) is 18.7 Å². The Balaban J connectivity index is 2.70. The van der Waals surface area contributed by atoms with Gasteiger partial charge in [0.05, 0.1) is 19.3 Å². The second-order valence-corrected chi connectivity index (χ2v) is 13.4. The van der Waals surface area contributed by atoms with Gasteiger partial charge in [-0.1, -0.05) is 27.7 Å².